The van der Waals surface area contributed by atoms with Crippen molar-refractivity contribution in [2.75, 3.05) is 24.1 Å². The molecule has 0 aromatic heterocycles. The van der Waals surface area contributed by atoms with Crippen LogP contribution in [0.2, 0.25) is 10.0 Å². The topological polar surface area (TPSA) is 104 Å². The van der Waals surface area contributed by atoms with Crippen LogP contribution in [0.4, 0.5) is 5.69 Å². The molecule has 144 valence electrons. The molecule has 27 heavy (non-hydrogen) atoms. The van der Waals surface area contributed by atoms with Gasteiger partial charge in [0.1, 0.15) is 0 Å². The Morgan fingerprint density at radius 1 is 0.926 bits per heavy atom. The van der Waals surface area contributed by atoms with Gasteiger partial charge in [0, 0.05) is 29.4 Å². The molecule has 3 N–H and O–H groups in total. The van der Waals surface area contributed by atoms with E-state index >= 15 is 0 Å². The third-order valence-electron chi connectivity index (χ3n) is 3.32. The van der Waals surface area contributed by atoms with Gasteiger partial charge < -0.3 is 10.6 Å². The summed E-state index contributed by atoms with van der Waals surface area (Å²) in [5, 5.41) is 5.97. The van der Waals surface area contributed by atoms with Gasteiger partial charge in [-0.05, 0) is 42.5 Å². The summed E-state index contributed by atoms with van der Waals surface area (Å²) in [6.45, 7) is 0.413. The summed E-state index contributed by atoms with van der Waals surface area (Å²) in [6.07, 6.45) is 1.04. The van der Waals surface area contributed by atoms with Crippen LogP contribution in [0, 0.1) is 0 Å². The number of anilines is 1. The minimum absolute atomic E-state index is 0.206. The van der Waals surface area contributed by atoms with Crippen LogP contribution in [-0.4, -0.2) is 39.6 Å². The molecule has 0 unspecified atom stereocenters. The van der Waals surface area contributed by atoms with Crippen molar-refractivity contribution < 1.29 is 18.0 Å². The number of hydrogen-bond acceptors (Lipinski definition) is 4. The van der Waals surface area contributed by atoms with Gasteiger partial charge in [0.05, 0.1) is 16.8 Å². The van der Waals surface area contributed by atoms with Crippen molar-refractivity contribution in [1.82, 2.24) is 10.6 Å². The van der Waals surface area contributed by atoms with Crippen LogP contribution in [0.3, 0.4) is 0 Å². The van der Waals surface area contributed by atoms with Crippen molar-refractivity contribution in [1.29, 1.82) is 0 Å². The highest BCUT2D eigenvalue weighted by molar-refractivity contribution is 7.92. The minimum atomic E-state index is -3.37. The van der Waals surface area contributed by atoms with E-state index in [4.69, 9.17) is 23.2 Å². The van der Waals surface area contributed by atoms with Crippen LogP contribution in [0.5, 0.6) is 0 Å². The Bertz CT molecular complexity index is 947. The fraction of sp³-hybridized carbons (Fsp3) is 0.176. The average Bonchev–Trinajstić information content (AvgIpc) is 2.57. The van der Waals surface area contributed by atoms with E-state index in [1.807, 2.05) is 0 Å². The van der Waals surface area contributed by atoms with Crippen LogP contribution in [0.25, 0.3) is 0 Å². The first kappa shape index (κ1) is 21.0. The minimum Gasteiger partial charge on any atom is -0.350 e. The standard InChI is InChI=1S/C17H17Cl2N3O4S/c1-27(25,26)22-13-5-2-11(3-6-13)16(23)20-8-9-21-17(24)14-7-4-12(18)10-15(14)19/h2-7,10,22H,8-9H2,1H3,(H,20,23)(H,21,24). The van der Waals surface area contributed by atoms with E-state index in [0.717, 1.165) is 6.26 Å². The molecule has 0 fully saturated rings. The highest BCUT2D eigenvalue weighted by atomic mass is 35.5. The fourth-order valence-electron chi connectivity index (χ4n) is 2.13. The molecule has 7 nitrogen and oxygen atoms in total. The molecule has 0 aliphatic rings. The molecular weight excluding hydrogens is 413 g/mol. The molecule has 0 radical (unpaired) electrons. The Morgan fingerprint density at radius 3 is 2.07 bits per heavy atom. The molecule has 2 rings (SSSR count). The normalized spacial score (nSPS) is 10.9. The predicted molar refractivity (Wildman–Crippen MR) is 106 cm³/mol. The van der Waals surface area contributed by atoms with Gasteiger partial charge in [-0.25, -0.2) is 8.42 Å². The summed E-state index contributed by atoms with van der Waals surface area (Å²) in [7, 11) is -3.37. The number of carbonyl (C=O) groups is 2. The molecule has 2 amide bonds. The number of halogens is 2. The molecule has 2 aromatic rings. The first-order valence-corrected chi connectivity index (χ1v) is 10.4. The lowest BCUT2D eigenvalue weighted by atomic mass is 10.2. The first-order valence-electron chi connectivity index (χ1n) is 7.75. The van der Waals surface area contributed by atoms with Crippen molar-refractivity contribution >= 4 is 50.7 Å². The quantitative estimate of drug-likeness (QED) is 0.588. The van der Waals surface area contributed by atoms with Gasteiger partial charge >= 0.3 is 0 Å². The average molecular weight is 430 g/mol. The second-order valence-electron chi connectivity index (χ2n) is 5.59. The van der Waals surface area contributed by atoms with Gasteiger partial charge in [0.25, 0.3) is 11.8 Å². The van der Waals surface area contributed by atoms with Crippen molar-refractivity contribution in [3.63, 3.8) is 0 Å². The van der Waals surface area contributed by atoms with E-state index < -0.39 is 10.0 Å². The van der Waals surface area contributed by atoms with Crippen molar-refractivity contribution in [3.05, 3.63) is 63.6 Å². The third-order valence-corrected chi connectivity index (χ3v) is 4.48. The van der Waals surface area contributed by atoms with Crippen LogP contribution >= 0.6 is 23.2 Å². The van der Waals surface area contributed by atoms with Crippen LogP contribution in [-0.2, 0) is 10.0 Å². The van der Waals surface area contributed by atoms with E-state index in [2.05, 4.69) is 15.4 Å². The van der Waals surface area contributed by atoms with Gasteiger partial charge in [-0.1, -0.05) is 23.2 Å². The lowest BCUT2D eigenvalue weighted by Crippen LogP contribution is -2.34. The fourth-order valence-corrected chi connectivity index (χ4v) is 3.19. The molecule has 0 aliphatic heterocycles. The van der Waals surface area contributed by atoms with E-state index in [-0.39, 0.29) is 29.9 Å². The zero-order chi connectivity index (χ0) is 20.0. The summed E-state index contributed by atoms with van der Waals surface area (Å²) in [5.74, 6) is -0.721. The van der Waals surface area contributed by atoms with Gasteiger partial charge in [-0.2, -0.15) is 0 Å². The predicted octanol–water partition coefficient (Wildman–Crippen LogP) is 2.52. The second-order valence-corrected chi connectivity index (χ2v) is 8.18. The lowest BCUT2D eigenvalue weighted by Gasteiger charge is -2.09. The lowest BCUT2D eigenvalue weighted by molar-refractivity contribution is 0.0927. The highest BCUT2D eigenvalue weighted by Gasteiger charge is 2.11. The molecule has 0 saturated heterocycles. The van der Waals surface area contributed by atoms with Gasteiger partial charge in [0.15, 0.2) is 0 Å². The number of rotatable bonds is 7. The van der Waals surface area contributed by atoms with E-state index in [0.29, 0.717) is 21.8 Å². The maximum atomic E-state index is 12.0. The molecular formula is C17H17Cl2N3O4S. The van der Waals surface area contributed by atoms with Gasteiger partial charge in [-0.15, -0.1) is 0 Å². The summed E-state index contributed by atoms with van der Waals surface area (Å²) in [4.78, 5) is 24.1. The first-order chi connectivity index (χ1) is 12.7. The van der Waals surface area contributed by atoms with E-state index in [1.165, 1.54) is 36.4 Å². The SMILES string of the molecule is CS(=O)(=O)Nc1ccc(C(=O)NCCNC(=O)c2ccc(Cl)cc2Cl)cc1. The van der Waals surface area contributed by atoms with Crippen LogP contribution in [0.15, 0.2) is 42.5 Å². The molecule has 0 bridgehead atoms. The Kier molecular flexibility index (Phi) is 7.06. The van der Waals surface area contributed by atoms with Gasteiger partial charge in [0.2, 0.25) is 10.0 Å². The van der Waals surface area contributed by atoms with E-state index in [9.17, 15) is 18.0 Å². The Labute approximate surface area is 167 Å². The van der Waals surface area contributed by atoms with Crippen molar-refractivity contribution in [2.24, 2.45) is 0 Å². The second kappa shape index (κ2) is 9.07. The summed E-state index contributed by atoms with van der Waals surface area (Å²) >= 11 is 11.7. The van der Waals surface area contributed by atoms with Gasteiger partial charge in [-0.3, -0.25) is 14.3 Å². The maximum absolute atomic E-state index is 12.0. The Morgan fingerprint density at radius 2 is 1.52 bits per heavy atom. The number of sulfonamides is 1. The van der Waals surface area contributed by atoms with E-state index in [1.54, 1.807) is 6.07 Å². The molecule has 0 atom stereocenters. The smallest absolute Gasteiger partial charge is 0.252 e. The monoisotopic (exact) mass is 429 g/mol. The molecule has 2 aromatic carbocycles. The summed E-state index contributed by atoms with van der Waals surface area (Å²) in [5.41, 5.74) is 1.02. The number of benzene rings is 2. The number of nitrogens with one attached hydrogen (secondary N) is 3. The molecule has 0 aliphatic carbocycles. The largest absolute Gasteiger partial charge is 0.350 e. The highest BCUT2D eigenvalue weighted by Crippen LogP contribution is 2.20. The van der Waals surface area contributed by atoms with Crippen LogP contribution < -0.4 is 15.4 Å². The number of amides is 2. The molecule has 0 saturated carbocycles. The summed E-state index contributed by atoms with van der Waals surface area (Å²) < 4.78 is 24.6. The van der Waals surface area contributed by atoms with Crippen molar-refractivity contribution in [3.8, 4) is 0 Å². The Hall–Kier alpha value is -2.29. The summed E-state index contributed by atoms with van der Waals surface area (Å²) in [6, 6.07) is 10.5. The molecule has 0 spiro atoms. The zero-order valence-electron chi connectivity index (χ0n) is 14.3. The van der Waals surface area contributed by atoms with Crippen LogP contribution in [0.1, 0.15) is 20.7 Å². The number of carbonyl (C=O) groups excluding carboxylic acids is 2. The maximum Gasteiger partial charge on any atom is 0.252 e. The third kappa shape index (κ3) is 6.74. The Balaban J connectivity index is 1.81. The molecule has 10 heteroatoms. The molecule has 0 heterocycles. The zero-order valence-corrected chi connectivity index (χ0v) is 16.6. The number of hydrogen-bond donors (Lipinski definition) is 3. The van der Waals surface area contributed by atoms with Crippen molar-refractivity contribution in [2.45, 2.75) is 0 Å².